The van der Waals surface area contributed by atoms with Gasteiger partial charge in [-0.25, -0.2) is 9.59 Å². The summed E-state index contributed by atoms with van der Waals surface area (Å²) >= 11 is 10.9. The Morgan fingerprint density at radius 2 is 1.92 bits per heavy atom. The molecule has 3 heterocycles. The van der Waals surface area contributed by atoms with Crippen molar-refractivity contribution in [2.24, 2.45) is 5.92 Å². The fourth-order valence-corrected chi connectivity index (χ4v) is 7.46. The number of carbonyl (C=O) groups is 5. The van der Waals surface area contributed by atoms with E-state index in [1.165, 1.54) is 47.1 Å². The Labute approximate surface area is 320 Å². The first kappa shape index (κ1) is 42.1. The molecule has 2 saturated heterocycles. The van der Waals surface area contributed by atoms with Gasteiger partial charge in [0.25, 0.3) is 0 Å². The molecule has 1 aromatic carbocycles. The Morgan fingerprint density at radius 1 is 1.25 bits per heavy atom. The standard InChI is InChI=1S/C37H50ClN3O11S/c1-20-11-10-12-28(49-9)37(47)19-26(50-34(46)39-37)21(2)32-36(5,52-32)29(51-33(45)35(4,27(43)13-14-53)41(7)22(3)42)18-30(44)40(6)24-16-23(15-20)17-25(48-8)31(24)38/h10-12,16-17,21,26,28-29,32,47,53H,13-15,18-19H2,1-9H3,(H,39,46)/b12-10+,20-11+/t21-,26+,28?,29+,32+,35-,36+,37+/m1/s1. The van der Waals surface area contributed by atoms with Gasteiger partial charge in [-0.15, -0.1) is 0 Å². The highest BCUT2D eigenvalue weighted by molar-refractivity contribution is 7.80. The molecule has 292 valence electrons. The van der Waals surface area contributed by atoms with E-state index in [0.717, 1.165) is 16.0 Å². The summed E-state index contributed by atoms with van der Waals surface area (Å²) in [4.78, 5) is 69.5. The number of nitrogens with one attached hydrogen (secondary N) is 1. The molecule has 3 amide bonds. The van der Waals surface area contributed by atoms with Gasteiger partial charge in [-0.1, -0.05) is 42.3 Å². The van der Waals surface area contributed by atoms with Crippen LogP contribution in [0.4, 0.5) is 10.5 Å². The minimum absolute atomic E-state index is 0.0999. The summed E-state index contributed by atoms with van der Waals surface area (Å²) in [5.41, 5.74) is -3.27. The number of thiol groups is 1. The van der Waals surface area contributed by atoms with Crippen molar-refractivity contribution in [3.05, 3.63) is 46.5 Å². The molecule has 0 saturated carbocycles. The predicted molar refractivity (Wildman–Crippen MR) is 199 cm³/mol. The van der Waals surface area contributed by atoms with Crippen molar-refractivity contribution in [1.82, 2.24) is 10.2 Å². The van der Waals surface area contributed by atoms with Crippen LogP contribution in [0.2, 0.25) is 5.02 Å². The van der Waals surface area contributed by atoms with E-state index in [2.05, 4.69) is 17.9 Å². The third kappa shape index (κ3) is 8.54. The number of allylic oxidation sites excluding steroid dienone is 3. The normalized spacial score (nSPS) is 31.7. The number of alkyl carbamates (subject to hydrolysis) is 1. The number of aliphatic hydroxyl groups is 1. The Balaban J connectivity index is 1.85. The lowest BCUT2D eigenvalue weighted by atomic mass is 9.83. The molecule has 2 N–H and O–H groups in total. The van der Waals surface area contributed by atoms with E-state index in [9.17, 15) is 29.1 Å². The van der Waals surface area contributed by atoms with Crippen LogP contribution < -0.4 is 15.0 Å². The van der Waals surface area contributed by atoms with Gasteiger partial charge in [0.1, 0.15) is 34.7 Å². The fraction of sp³-hybridized carbons (Fsp3) is 0.595. The lowest BCUT2D eigenvalue weighted by Crippen LogP contribution is -2.63. The van der Waals surface area contributed by atoms with Crippen LogP contribution in [0, 0.1) is 5.92 Å². The second-order valence-corrected chi connectivity index (χ2v) is 15.1. The van der Waals surface area contributed by atoms with Gasteiger partial charge >= 0.3 is 12.1 Å². The predicted octanol–water partition coefficient (Wildman–Crippen LogP) is 3.79. The zero-order valence-corrected chi connectivity index (χ0v) is 33.2. The first-order chi connectivity index (χ1) is 24.8. The number of esters is 1. The number of Topliss-reactive ketones (excluding diaryl/α,β-unsaturated/α-hetero) is 1. The molecule has 8 atom stereocenters. The quantitative estimate of drug-likeness (QED) is 0.152. The molecule has 3 aliphatic heterocycles. The number of rotatable bonds is 8. The van der Waals surface area contributed by atoms with Gasteiger partial charge in [-0.2, -0.15) is 12.6 Å². The molecule has 4 rings (SSSR count). The first-order valence-corrected chi connectivity index (χ1v) is 18.3. The number of fused-ring (bicyclic) bond motifs is 5. The summed E-state index contributed by atoms with van der Waals surface area (Å²) in [5.74, 6) is -2.92. The topological polar surface area (TPSA) is 174 Å². The van der Waals surface area contributed by atoms with Gasteiger partial charge < -0.3 is 38.6 Å². The number of halogens is 1. The van der Waals surface area contributed by atoms with E-state index in [1.54, 1.807) is 38.1 Å². The van der Waals surface area contributed by atoms with Gasteiger partial charge in [-0.3, -0.25) is 19.7 Å². The average molecular weight is 780 g/mol. The van der Waals surface area contributed by atoms with E-state index in [-0.39, 0.29) is 23.6 Å². The van der Waals surface area contributed by atoms with Gasteiger partial charge in [0.2, 0.25) is 11.8 Å². The zero-order valence-electron chi connectivity index (χ0n) is 31.6. The van der Waals surface area contributed by atoms with Crippen molar-refractivity contribution in [3.63, 3.8) is 0 Å². The van der Waals surface area contributed by atoms with Crippen molar-refractivity contribution < 1.29 is 52.8 Å². The molecule has 0 aromatic heterocycles. The zero-order chi connectivity index (χ0) is 39.6. The second kappa shape index (κ2) is 16.4. The van der Waals surface area contributed by atoms with Gasteiger partial charge in [0.15, 0.2) is 17.0 Å². The van der Waals surface area contributed by atoms with Crippen LogP contribution in [0.1, 0.15) is 59.4 Å². The van der Waals surface area contributed by atoms with E-state index in [4.69, 9.17) is 35.3 Å². The number of ether oxygens (including phenoxy) is 5. The lowest BCUT2D eigenvalue weighted by molar-refractivity contribution is -0.172. The first-order valence-electron chi connectivity index (χ1n) is 17.3. The number of amides is 3. The number of benzene rings is 1. The monoisotopic (exact) mass is 779 g/mol. The van der Waals surface area contributed by atoms with Crippen molar-refractivity contribution in [2.45, 2.75) is 102 Å². The van der Waals surface area contributed by atoms with Gasteiger partial charge in [0.05, 0.1) is 25.3 Å². The third-order valence-electron chi connectivity index (χ3n) is 10.6. The molecule has 53 heavy (non-hydrogen) atoms. The summed E-state index contributed by atoms with van der Waals surface area (Å²) in [5, 5.41) is 14.4. The van der Waals surface area contributed by atoms with Crippen LogP contribution in [0.3, 0.4) is 0 Å². The largest absolute Gasteiger partial charge is 0.495 e. The molecule has 0 radical (unpaired) electrons. The number of carbonyl (C=O) groups excluding carboxylic acids is 5. The fourth-order valence-electron chi connectivity index (χ4n) is 6.95. The lowest BCUT2D eigenvalue weighted by Gasteiger charge is -2.42. The van der Waals surface area contributed by atoms with Crippen LogP contribution in [-0.2, 0) is 44.5 Å². The molecule has 4 bridgehead atoms. The molecule has 1 aromatic rings. The Morgan fingerprint density at radius 3 is 2.53 bits per heavy atom. The highest BCUT2D eigenvalue weighted by Gasteiger charge is 2.65. The number of nitrogens with zero attached hydrogens (tertiary/aromatic N) is 2. The molecule has 2 fully saturated rings. The SMILES string of the molecule is COc1cc2cc(c1Cl)N(C)C(=O)C[C@H](OC(=O)[C@@](C)(C(=O)CCS)N(C)C(C)=O)[C@]1(C)O[C@H]1[C@H](C)[C@@H]1C[C@@](O)(NC(=O)O1)C(OC)/C=C/C=C(\C)C2. The third-order valence-corrected chi connectivity index (χ3v) is 11.2. The number of hydrogen-bond donors (Lipinski definition) is 3. The molecular weight excluding hydrogens is 730 g/mol. The highest BCUT2D eigenvalue weighted by Crippen LogP contribution is 2.49. The number of methoxy groups -OCH3 is 2. The summed E-state index contributed by atoms with van der Waals surface area (Å²) in [6, 6.07) is 3.51. The molecule has 3 aliphatic rings. The molecule has 0 spiro atoms. The number of hydrogen-bond acceptors (Lipinski definition) is 12. The minimum atomic E-state index is -2.06. The number of epoxide rings is 1. The minimum Gasteiger partial charge on any atom is -0.495 e. The maximum absolute atomic E-state index is 14.2. The second-order valence-electron chi connectivity index (χ2n) is 14.2. The summed E-state index contributed by atoms with van der Waals surface area (Å²) in [6.45, 7) is 7.80. The summed E-state index contributed by atoms with van der Waals surface area (Å²) in [6.07, 6.45) is 0.1000. The molecule has 1 unspecified atom stereocenters. The van der Waals surface area contributed by atoms with Crippen LogP contribution in [0.5, 0.6) is 5.75 Å². The number of anilines is 1. The van der Waals surface area contributed by atoms with Crippen molar-refractivity contribution >= 4 is 59.6 Å². The highest BCUT2D eigenvalue weighted by atomic mass is 35.5. The van der Waals surface area contributed by atoms with E-state index >= 15 is 0 Å². The molecular formula is C37H50ClN3O11S. The Bertz CT molecular complexity index is 1690. The van der Waals surface area contributed by atoms with E-state index in [1.807, 2.05) is 13.0 Å². The van der Waals surface area contributed by atoms with Crippen LogP contribution >= 0.6 is 24.2 Å². The van der Waals surface area contributed by atoms with E-state index in [0.29, 0.717) is 17.9 Å². The van der Waals surface area contributed by atoms with Crippen LogP contribution in [0.15, 0.2) is 35.9 Å². The number of likely N-dealkylation sites (N-methyl/N-ethyl adjacent to an activating group) is 1. The van der Waals surface area contributed by atoms with Gasteiger partial charge in [0, 0.05) is 46.9 Å². The smallest absolute Gasteiger partial charge is 0.409 e. The number of ketones is 1. The van der Waals surface area contributed by atoms with Crippen molar-refractivity contribution in [2.75, 3.05) is 39.0 Å². The van der Waals surface area contributed by atoms with Crippen LogP contribution in [-0.4, -0.2) is 115 Å². The summed E-state index contributed by atoms with van der Waals surface area (Å²) < 4.78 is 29.1. The molecule has 16 heteroatoms. The van der Waals surface area contributed by atoms with Crippen LogP contribution in [0.25, 0.3) is 0 Å². The maximum atomic E-state index is 14.2. The Hall–Kier alpha value is -3.63. The summed E-state index contributed by atoms with van der Waals surface area (Å²) in [7, 11) is 5.72. The molecule has 0 aliphatic carbocycles. The Kier molecular flexibility index (Phi) is 13.0. The van der Waals surface area contributed by atoms with E-state index < -0.39 is 83.3 Å². The average Bonchev–Trinajstić information content (AvgIpc) is 3.80. The van der Waals surface area contributed by atoms with Crippen molar-refractivity contribution in [1.29, 1.82) is 0 Å². The van der Waals surface area contributed by atoms with Crippen molar-refractivity contribution in [3.8, 4) is 5.75 Å². The molecule has 14 nitrogen and oxygen atoms in total. The van der Waals surface area contributed by atoms with Gasteiger partial charge in [-0.05, 0) is 50.6 Å². The maximum Gasteiger partial charge on any atom is 0.409 e.